The van der Waals surface area contributed by atoms with Gasteiger partial charge in [-0.3, -0.25) is 4.99 Å². The topological polar surface area (TPSA) is 24.7 Å². The SMILES string of the molecule is CCC1(c2ccccc2)C=NC=NC1. The van der Waals surface area contributed by atoms with Crippen molar-refractivity contribution in [3.05, 3.63) is 35.9 Å². The van der Waals surface area contributed by atoms with E-state index in [0.717, 1.165) is 13.0 Å². The molecule has 2 nitrogen and oxygen atoms in total. The van der Waals surface area contributed by atoms with Crippen molar-refractivity contribution in [1.82, 2.24) is 0 Å². The van der Waals surface area contributed by atoms with Gasteiger partial charge < -0.3 is 0 Å². The molecule has 1 heterocycles. The Morgan fingerprint density at radius 3 is 2.64 bits per heavy atom. The molecule has 1 atom stereocenters. The Bertz CT molecular complexity index is 354. The van der Waals surface area contributed by atoms with E-state index in [1.807, 2.05) is 12.3 Å². The van der Waals surface area contributed by atoms with Gasteiger partial charge in [0.25, 0.3) is 0 Å². The normalized spacial score (nSPS) is 25.2. The fraction of sp³-hybridized carbons (Fsp3) is 0.333. The van der Waals surface area contributed by atoms with Crippen LogP contribution in [-0.2, 0) is 5.41 Å². The Morgan fingerprint density at radius 2 is 2.07 bits per heavy atom. The van der Waals surface area contributed by atoms with Crippen molar-refractivity contribution < 1.29 is 0 Å². The van der Waals surface area contributed by atoms with E-state index < -0.39 is 0 Å². The fourth-order valence-electron chi connectivity index (χ4n) is 1.81. The summed E-state index contributed by atoms with van der Waals surface area (Å²) in [5.74, 6) is 0. The molecule has 1 unspecified atom stereocenters. The van der Waals surface area contributed by atoms with Crippen molar-refractivity contribution in [1.29, 1.82) is 0 Å². The highest BCUT2D eigenvalue weighted by atomic mass is 14.9. The first-order valence-electron chi connectivity index (χ1n) is 4.95. The first-order chi connectivity index (χ1) is 6.87. The lowest BCUT2D eigenvalue weighted by atomic mass is 9.79. The molecule has 0 saturated heterocycles. The summed E-state index contributed by atoms with van der Waals surface area (Å²) in [6.07, 6.45) is 4.70. The molecule has 14 heavy (non-hydrogen) atoms. The number of hydrogen-bond acceptors (Lipinski definition) is 2. The molecule has 1 aromatic rings. The van der Waals surface area contributed by atoms with E-state index in [4.69, 9.17) is 0 Å². The summed E-state index contributed by atoms with van der Waals surface area (Å²) in [6.45, 7) is 3.00. The molecule has 0 radical (unpaired) electrons. The van der Waals surface area contributed by atoms with E-state index in [1.54, 1.807) is 6.34 Å². The predicted molar refractivity (Wildman–Crippen MR) is 60.3 cm³/mol. The van der Waals surface area contributed by atoms with Gasteiger partial charge in [0.15, 0.2) is 0 Å². The molecular weight excluding hydrogens is 172 g/mol. The number of rotatable bonds is 2. The Morgan fingerprint density at radius 1 is 1.29 bits per heavy atom. The maximum absolute atomic E-state index is 4.25. The number of hydrogen-bond donors (Lipinski definition) is 0. The zero-order valence-corrected chi connectivity index (χ0v) is 8.35. The van der Waals surface area contributed by atoms with Crippen LogP contribution in [0.1, 0.15) is 18.9 Å². The molecule has 1 aliphatic heterocycles. The highest BCUT2D eigenvalue weighted by Crippen LogP contribution is 2.27. The van der Waals surface area contributed by atoms with Crippen molar-refractivity contribution in [3.63, 3.8) is 0 Å². The molecule has 0 bridgehead atoms. The van der Waals surface area contributed by atoms with Crippen molar-refractivity contribution in [2.75, 3.05) is 6.54 Å². The van der Waals surface area contributed by atoms with Gasteiger partial charge in [0.2, 0.25) is 0 Å². The molecule has 2 heteroatoms. The minimum Gasteiger partial charge on any atom is -0.272 e. The highest BCUT2D eigenvalue weighted by Gasteiger charge is 2.28. The van der Waals surface area contributed by atoms with Crippen LogP contribution in [0.3, 0.4) is 0 Å². The minimum atomic E-state index is 0.0238. The number of nitrogens with zero attached hydrogens (tertiary/aromatic N) is 2. The molecule has 2 rings (SSSR count). The number of benzene rings is 1. The van der Waals surface area contributed by atoms with Crippen LogP contribution in [-0.4, -0.2) is 19.1 Å². The molecule has 0 fully saturated rings. The van der Waals surface area contributed by atoms with E-state index in [1.165, 1.54) is 5.56 Å². The van der Waals surface area contributed by atoms with Gasteiger partial charge in [-0.05, 0) is 12.0 Å². The lowest BCUT2D eigenvalue weighted by molar-refractivity contribution is 0.574. The molecule has 0 saturated carbocycles. The van der Waals surface area contributed by atoms with Gasteiger partial charge >= 0.3 is 0 Å². The smallest absolute Gasteiger partial charge is 0.109 e. The Balaban J connectivity index is 2.39. The largest absolute Gasteiger partial charge is 0.272 e. The molecule has 1 aliphatic rings. The highest BCUT2D eigenvalue weighted by molar-refractivity contribution is 5.83. The van der Waals surface area contributed by atoms with Gasteiger partial charge in [-0.15, -0.1) is 0 Å². The molecule has 0 amide bonds. The van der Waals surface area contributed by atoms with Crippen LogP contribution in [0.15, 0.2) is 40.3 Å². The summed E-state index contributed by atoms with van der Waals surface area (Å²) in [4.78, 5) is 8.42. The zero-order valence-electron chi connectivity index (χ0n) is 8.35. The predicted octanol–water partition coefficient (Wildman–Crippen LogP) is 2.45. The van der Waals surface area contributed by atoms with E-state index in [2.05, 4.69) is 41.2 Å². The van der Waals surface area contributed by atoms with Crippen LogP contribution in [0.2, 0.25) is 0 Å². The van der Waals surface area contributed by atoms with Gasteiger partial charge in [0.05, 0.1) is 6.54 Å². The van der Waals surface area contributed by atoms with Gasteiger partial charge in [-0.2, -0.15) is 0 Å². The van der Waals surface area contributed by atoms with Crippen molar-refractivity contribution in [2.45, 2.75) is 18.8 Å². The Kier molecular flexibility index (Phi) is 2.44. The van der Waals surface area contributed by atoms with Crippen LogP contribution in [0.4, 0.5) is 0 Å². The van der Waals surface area contributed by atoms with Gasteiger partial charge in [0, 0.05) is 11.6 Å². The summed E-state index contributed by atoms with van der Waals surface area (Å²) >= 11 is 0. The summed E-state index contributed by atoms with van der Waals surface area (Å²) in [7, 11) is 0. The van der Waals surface area contributed by atoms with E-state index in [-0.39, 0.29) is 5.41 Å². The first kappa shape index (κ1) is 9.13. The standard InChI is InChI=1S/C12H14N2/c1-2-12(8-13-10-14-9-12)11-6-4-3-5-7-11/h3-8,10H,2,9H2,1H3. The second-order valence-electron chi connectivity index (χ2n) is 3.61. The van der Waals surface area contributed by atoms with Crippen LogP contribution >= 0.6 is 0 Å². The molecule has 0 aliphatic carbocycles. The summed E-state index contributed by atoms with van der Waals surface area (Å²) in [6, 6.07) is 10.5. The van der Waals surface area contributed by atoms with Gasteiger partial charge in [-0.1, -0.05) is 37.3 Å². The van der Waals surface area contributed by atoms with Crippen LogP contribution < -0.4 is 0 Å². The second-order valence-corrected chi connectivity index (χ2v) is 3.61. The van der Waals surface area contributed by atoms with Crippen LogP contribution in [0, 0.1) is 0 Å². The number of aliphatic imine (C=N–C) groups is 2. The lowest BCUT2D eigenvalue weighted by Crippen LogP contribution is -2.32. The second kappa shape index (κ2) is 3.74. The summed E-state index contributed by atoms with van der Waals surface area (Å²) in [5, 5.41) is 0. The van der Waals surface area contributed by atoms with Crippen LogP contribution in [0.5, 0.6) is 0 Å². The summed E-state index contributed by atoms with van der Waals surface area (Å²) in [5.41, 5.74) is 1.33. The molecule has 0 N–H and O–H groups in total. The monoisotopic (exact) mass is 186 g/mol. The molecule has 72 valence electrons. The third-order valence-corrected chi connectivity index (χ3v) is 2.82. The minimum absolute atomic E-state index is 0.0238. The van der Waals surface area contributed by atoms with E-state index in [9.17, 15) is 0 Å². The molecule has 0 spiro atoms. The van der Waals surface area contributed by atoms with Crippen molar-refractivity contribution in [3.8, 4) is 0 Å². The fourth-order valence-corrected chi connectivity index (χ4v) is 1.81. The van der Waals surface area contributed by atoms with Gasteiger partial charge in [-0.25, -0.2) is 4.99 Å². The maximum Gasteiger partial charge on any atom is 0.109 e. The van der Waals surface area contributed by atoms with E-state index in [0.29, 0.717) is 0 Å². The van der Waals surface area contributed by atoms with Gasteiger partial charge in [0.1, 0.15) is 6.34 Å². The molecule has 1 aromatic carbocycles. The molecule has 0 aromatic heterocycles. The molecular formula is C12H14N2. The van der Waals surface area contributed by atoms with Crippen molar-refractivity contribution >= 4 is 12.6 Å². The average Bonchev–Trinajstić information content (AvgIpc) is 2.31. The maximum atomic E-state index is 4.25. The van der Waals surface area contributed by atoms with Crippen molar-refractivity contribution in [2.24, 2.45) is 9.98 Å². The quantitative estimate of drug-likeness (QED) is 0.677. The van der Waals surface area contributed by atoms with Crippen LogP contribution in [0.25, 0.3) is 0 Å². The average molecular weight is 186 g/mol. The lowest BCUT2D eigenvalue weighted by Gasteiger charge is -2.28. The zero-order chi connectivity index (χ0) is 9.86. The van der Waals surface area contributed by atoms with E-state index >= 15 is 0 Å². The Labute approximate surface area is 84.4 Å². The Hall–Kier alpha value is -1.44. The summed E-state index contributed by atoms with van der Waals surface area (Å²) < 4.78 is 0. The first-order valence-corrected chi connectivity index (χ1v) is 4.95. The third-order valence-electron chi connectivity index (χ3n) is 2.82. The third kappa shape index (κ3) is 1.48.